The van der Waals surface area contributed by atoms with Crippen LogP contribution in [0.3, 0.4) is 0 Å². The zero-order valence-electron chi connectivity index (χ0n) is 13.0. The van der Waals surface area contributed by atoms with Crippen molar-refractivity contribution in [3.8, 4) is 0 Å². The number of ether oxygens (including phenoxy) is 1. The zero-order valence-corrected chi connectivity index (χ0v) is 13.0. The third-order valence-electron chi connectivity index (χ3n) is 4.87. The zero-order chi connectivity index (χ0) is 14.1. The average molecular weight is 273 g/mol. The number of rotatable bonds is 5. The predicted octanol–water partition coefficient (Wildman–Crippen LogP) is 3.39. The molecule has 3 rings (SSSR count). The second kappa shape index (κ2) is 5.87. The molecule has 110 valence electrons. The third-order valence-corrected chi connectivity index (χ3v) is 4.87. The van der Waals surface area contributed by atoms with E-state index in [1.165, 1.54) is 36.0 Å². The van der Waals surface area contributed by atoms with E-state index in [-0.39, 0.29) is 0 Å². The van der Waals surface area contributed by atoms with Crippen molar-refractivity contribution < 1.29 is 4.74 Å². The van der Waals surface area contributed by atoms with Crippen LogP contribution in [0.2, 0.25) is 0 Å². The van der Waals surface area contributed by atoms with E-state index in [9.17, 15) is 0 Å². The summed E-state index contributed by atoms with van der Waals surface area (Å²) in [5.41, 5.74) is 4.22. The summed E-state index contributed by atoms with van der Waals surface area (Å²) >= 11 is 0. The molecular weight excluding hydrogens is 246 g/mol. The Balaban J connectivity index is 1.73. The molecule has 4 unspecified atom stereocenters. The fraction of sp³-hybridized carbons (Fsp3) is 0.667. The van der Waals surface area contributed by atoms with Crippen molar-refractivity contribution in [3.63, 3.8) is 0 Å². The van der Waals surface area contributed by atoms with Crippen LogP contribution in [0.5, 0.6) is 0 Å². The molecule has 20 heavy (non-hydrogen) atoms. The molecule has 0 spiro atoms. The van der Waals surface area contributed by atoms with Crippen LogP contribution in [0.4, 0.5) is 0 Å². The second-order valence-electron chi connectivity index (χ2n) is 6.64. The van der Waals surface area contributed by atoms with E-state index in [4.69, 9.17) is 4.74 Å². The number of benzene rings is 1. The summed E-state index contributed by atoms with van der Waals surface area (Å²) in [7, 11) is 0. The van der Waals surface area contributed by atoms with E-state index in [0.29, 0.717) is 24.2 Å². The largest absolute Gasteiger partial charge is 0.375 e. The van der Waals surface area contributed by atoms with Crippen molar-refractivity contribution in [3.05, 3.63) is 34.9 Å². The molecule has 0 amide bonds. The van der Waals surface area contributed by atoms with Crippen LogP contribution in [0.15, 0.2) is 18.2 Å². The lowest BCUT2D eigenvalue weighted by atomic mass is 9.81. The molecule has 4 atom stereocenters. The maximum absolute atomic E-state index is 6.06. The summed E-state index contributed by atoms with van der Waals surface area (Å²) in [6.45, 7) is 7.64. The van der Waals surface area contributed by atoms with Gasteiger partial charge in [0.25, 0.3) is 0 Å². The van der Waals surface area contributed by atoms with Crippen molar-refractivity contribution in [2.45, 2.75) is 64.7 Å². The van der Waals surface area contributed by atoms with Crippen LogP contribution in [0.25, 0.3) is 0 Å². The molecule has 2 aliphatic rings. The lowest BCUT2D eigenvalue weighted by Gasteiger charge is -2.29. The van der Waals surface area contributed by atoms with Crippen molar-refractivity contribution in [2.24, 2.45) is 5.92 Å². The number of fused-ring (bicyclic) bond motifs is 2. The Labute approximate surface area is 122 Å². The van der Waals surface area contributed by atoms with Crippen molar-refractivity contribution in [1.82, 2.24) is 5.32 Å². The number of aryl methyl sites for hydroxylation is 2. The Morgan fingerprint density at radius 3 is 2.50 bits per heavy atom. The highest BCUT2D eigenvalue weighted by Crippen LogP contribution is 2.41. The van der Waals surface area contributed by atoms with Gasteiger partial charge in [-0.1, -0.05) is 36.2 Å². The van der Waals surface area contributed by atoms with Crippen LogP contribution in [0, 0.1) is 19.8 Å². The van der Waals surface area contributed by atoms with Crippen molar-refractivity contribution in [2.75, 3.05) is 6.54 Å². The number of hydrogen-bond acceptors (Lipinski definition) is 2. The van der Waals surface area contributed by atoms with Gasteiger partial charge in [-0.05, 0) is 51.6 Å². The molecule has 2 heteroatoms. The molecular formula is C18H27NO. The Bertz CT molecular complexity index is 450. The Hall–Kier alpha value is -0.860. The van der Waals surface area contributed by atoms with E-state index in [1.807, 2.05) is 0 Å². The van der Waals surface area contributed by atoms with Crippen molar-refractivity contribution >= 4 is 0 Å². The van der Waals surface area contributed by atoms with Gasteiger partial charge in [0.1, 0.15) is 0 Å². The third kappa shape index (κ3) is 2.91. The first-order valence-corrected chi connectivity index (χ1v) is 8.11. The molecule has 0 radical (unpaired) electrons. The lowest BCUT2D eigenvalue weighted by molar-refractivity contribution is 0.0858. The molecule has 2 aliphatic heterocycles. The molecule has 0 aromatic heterocycles. The molecule has 2 bridgehead atoms. The number of hydrogen-bond donors (Lipinski definition) is 1. The van der Waals surface area contributed by atoms with Crippen LogP contribution in [0.1, 0.15) is 42.9 Å². The Kier molecular flexibility index (Phi) is 4.13. The van der Waals surface area contributed by atoms with Crippen LogP contribution >= 0.6 is 0 Å². The van der Waals surface area contributed by atoms with Gasteiger partial charge in [-0.25, -0.2) is 0 Å². The van der Waals surface area contributed by atoms with Gasteiger partial charge in [0.2, 0.25) is 0 Å². The molecule has 2 nitrogen and oxygen atoms in total. The van der Waals surface area contributed by atoms with E-state index in [0.717, 1.165) is 13.0 Å². The highest BCUT2D eigenvalue weighted by molar-refractivity contribution is 5.29. The Morgan fingerprint density at radius 2 is 1.95 bits per heavy atom. The Morgan fingerprint density at radius 1 is 1.20 bits per heavy atom. The summed E-state index contributed by atoms with van der Waals surface area (Å²) in [4.78, 5) is 0. The average Bonchev–Trinajstić information content (AvgIpc) is 2.99. The molecule has 0 aliphatic carbocycles. The van der Waals surface area contributed by atoms with E-state index in [2.05, 4.69) is 44.3 Å². The minimum atomic E-state index is 0.509. The molecule has 0 saturated carbocycles. The predicted molar refractivity (Wildman–Crippen MR) is 83.1 cm³/mol. The first-order valence-electron chi connectivity index (χ1n) is 8.11. The first kappa shape index (κ1) is 14.1. The van der Waals surface area contributed by atoms with Crippen LogP contribution in [-0.4, -0.2) is 24.8 Å². The highest BCUT2D eigenvalue weighted by atomic mass is 16.5. The van der Waals surface area contributed by atoms with Gasteiger partial charge >= 0.3 is 0 Å². The molecule has 2 saturated heterocycles. The fourth-order valence-corrected chi connectivity index (χ4v) is 4.18. The van der Waals surface area contributed by atoms with Gasteiger partial charge in [-0.3, -0.25) is 0 Å². The summed E-state index contributed by atoms with van der Waals surface area (Å²) < 4.78 is 6.06. The van der Waals surface area contributed by atoms with E-state index in [1.54, 1.807) is 0 Å². The van der Waals surface area contributed by atoms with Gasteiger partial charge < -0.3 is 10.1 Å². The SMILES string of the molecule is CCNC(Cc1cc(C)cc(C)c1)C1CC2CCC1O2. The quantitative estimate of drug-likeness (QED) is 0.888. The fourth-order valence-electron chi connectivity index (χ4n) is 4.18. The highest BCUT2D eigenvalue weighted by Gasteiger charge is 2.43. The van der Waals surface area contributed by atoms with Gasteiger partial charge in [-0.15, -0.1) is 0 Å². The molecule has 2 heterocycles. The van der Waals surface area contributed by atoms with Gasteiger partial charge in [0.15, 0.2) is 0 Å². The molecule has 1 aromatic rings. The normalized spacial score (nSPS) is 29.9. The maximum atomic E-state index is 6.06. The monoisotopic (exact) mass is 273 g/mol. The summed E-state index contributed by atoms with van der Waals surface area (Å²) in [6, 6.07) is 7.50. The van der Waals surface area contributed by atoms with Crippen molar-refractivity contribution in [1.29, 1.82) is 0 Å². The molecule has 2 fully saturated rings. The van der Waals surface area contributed by atoms with E-state index >= 15 is 0 Å². The topological polar surface area (TPSA) is 21.3 Å². The van der Waals surface area contributed by atoms with Gasteiger partial charge in [0.05, 0.1) is 12.2 Å². The smallest absolute Gasteiger partial charge is 0.0623 e. The second-order valence-corrected chi connectivity index (χ2v) is 6.64. The number of likely N-dealkylation sites (N-methyl/N-ethyl adjacent to an activating group) is 1. The minimum Gasteiger partial charge on any atom is -0.375 e. The van der Waals surface area contributed by atoms with Crippen LogP contribution < -0.4 is 5.32 Å². The first-order chi connectivity index (χ1) is 9.65. The van der Waals surface area contributed by atoms with Crippen LogP contribution in [-0.2, 0) is 11.2 Å². The standard InChI is InChI=1S/C18H27NO/c1-4-19-17(16-11-15-5-6-18(16)20-15)10-14-8-12(2)7-13(3)9-14/h7-9,15-19H,4-6,10-11H2,1-3H3. The lowest BCUT2D eigenvalue weighted by Crippen LogP contribution is -2.42. The number of nitrogens with one attached hydrogen (secondary N) is 1. The summed E-state index contributed by atoms with van der Waals surface area (Å²) in [5, 5.41) is 3.72. The van der Waals surface area contributed by atoms with E-state index < -0.39 is 0 Å². The minimum absolute atomic E-state index is 0.509. The molecule has 1 aromatic carbocycles. The maximum Gasteiger partial charge on any atom is 0.0623 e. The summed E-state index contributed by atoms with van der Waals surface area (Å²) in [6.07, 6.45) is 5.99. The van der Waals surface area contributed by atoms with Gasteiger partial charge in [-0.2, -0.15) is 0 Å². The molecule has 1 N–H and O–H groups in total. The van der Waals surface area contributed by atoms with Gasteiger partial charge in [0, 0.05) is 12.0 Å². The summed E-state index contributed by atoms with van der Waals surface area (Å²) in [5.74, 6) is 0.703.